The van der Waals surface area contributed by atoms with Gasteiger partial charge in [-0.15, -0.1) is 0 Å². The summed E-state index contributed by atoms with van der Waals surface area (Å²) in [5.41, 5.74) is 3.58. The van der Waals surface area contributed by atoms with Gasteiger partial charge >= 0.3 is 0 Å². The SMILES string of the molecule is CC1(/C=N/NC2CC2)CC1. The zero-order chi connectivity index (χ0) is 7.03. The lowest BCUT2D eigenvalue weighted by molar-refractivity contribution is 0.718. The van der Waals surface area contributed by atoms with Gasteiger partial charge in [-0.1, -0.05) is 6.92 Å². The van der Waals surface area contributed by atoms with E-state index in [9.17, 15) is 0 Å². The Hall–Kier alpha value is -0.530. The van der Waals surface area contributed by atoms with Gasteiger partial charge in [-0.05, 0) is 25.7 Å². The predicted octanol–water partition coefficient (Wildman–Crippen LogP) is 1.52. The van der Waals surface area contributed by atoms with Crippen LogP contribution >= 0.6 is 0 Å². The van der Waals surface area contributed by atoms with Crippen molar-refractivity contribution in [1.29, 1.82) is 0 Å². The molecule has 0 amide bonds. The fourth-order valence-electron chi connectivity index (χ4n) is 0.837. The third kappa shape index (κ3) is 1.49. The fourth-order valence-corrected chi connectivity index (χ4v) is 0.837. The molecule has 0 aromatic rings. The smallest absolute Gasteiger partial charge is 0.0441 e. The lowest BCUT2D eigenvalue weighted by Gasteiger charge is -1.97. The second-order valence-corrected chi connectivity index (χ2v) is 3.82. The van der Waals surface area contributed by atoms with Gasteiger partial charge in [0, 0.05) is 17.7 Å². The maximum Gasteiger partial charge on any atom is 0.0441 e. The molecule has 2 aliphatic carbocycles. The van der Waals surface area contributed by atoms with Crippen molar-refractivity contribution >= 4 is 6.21 Å². The van der Waals surface area contributed by atoms with Crippen molar-refractivity contribution in [3.63, 3.8) is 0 Å². The first-order chi connectivity index (χ1) is 4.79. The molecule has 10 heavy (non-hydrogen) atoms. The van der Waals surface area contributed by atoms with Crippen molar-refractivity contribution < 1.29 is 0 Å². The molecule has 2 aliphatic rings. The average Bonchev–Trinajstić information content (AvgIpc) is 2.70. The highest BCUT2D eigenvalue weighted by Crippen LogP contribution is 2.42. The first-order valence-corrected chi connectivity index (χ1v) is 4.08. The van der Waals surface area contributed by atoms with Crippen LogP contribution in [0.2, 0.25) is 0 Å². The normalized spacial score (nSPS) is 28.9. The maximum absolute atomic E-state index is 4.19. The number of hydrogen-bond acceptors (Lipinski definition) is 2. The Bertz CT molecular complexity index is 155. The van der Waals surface area contributed by atoms with Crippen molar-refractivity contribution in [2.45, 2.75) is 38.6 Å². The van der Waals surface area contributed by atoms with E-state index in [0.29, 0.717) is 11.5 Å². The van der Waals surface area contributed by atoms with E-state index in [0.717, 1.165) is 0 Å². The van der Waals surface area contributed by atoms with Crippen LogP contribution in [-0.2, 0) is 0 Å². The summed E-state index contributed by atoms with van der Waals surface area (Å²) in [6.45, 7) is 2.26. The second-order valence-electron chi connectivity index (χ2n) is 3.82. The summed E-state index contributed by atoms with van der Waals surface area (Å²) in [6.07, 6.45) is 7.35. The Kier molecular flexibility index (Phi) is 1.22. The molecule has 0 saturated heterocycles. The molecule has 56 valence electrons. The Balaban J connectivity index is 1.71. The standard InChI is InChI=1S/C8H14N2/c1-8(4-5-8)6-9-10-7-2-3-7/h6-7,10H,2-5H2,1H3/b9-6+. The summed E-state index contributed by atoms with van der Waals surface area (Å²) < 4.78 is 0. The highest BCUT2D eigenvalue weighted by molar-refractivity contribution is 5.68. The Labute approximate surface area is 61.7 Å². The molecule has 0 heterocycles. The molecule has 0 radical (unpaired) electrons. The summed E-state index contributed by atoms with van der Waals surface area (Å²) in [6, 6.07) is 0.707. The molecule has 0 aromatic carbocycles. The van der Waals surface area contributed by atoms with Gasteiger partial charge in [0.25, 0.3) is 0 Å². The topological polar surface area (TPSA) is 24.4 Å². The molecule has 0 bridgehead atoms. The van der Waals surface area contributed by atoms with E-state index in [1.165, 1.54) is 25.7 Å². The molecule has 2 fully saturated rings. The molecule has 2 rings (SSSR count). The third-order valence-corrected chi connectivity index (χ3v) is 2.25. The van der Waals surface area contributed by atoms with Gasteiger partial charge in [-0.2, -0.15) is 5.10 Å². The van der Waals surface area contributed by atoms with Crippen molar-refractivity contribution in [3.05, 3.63) is 0 Å². The lowest BCUT2D eigenvalue weighted by atomic mass is 10.2. The van der Waals surface area contributed by atoms with Gasteiger partial charge in [0.2, 0.25) is 0 Å². The maximum atomic E-state index is 4.19. The number of hydrazone groups is 1. The number of nitrogens with one attached hydrogen (secondary N) is 1. The summed E-state index contributed by atoms with van der Waals surface area (Å²) in [4.78, 5) is 0. The van der Waals surface area contributed by atoms with Crippen LogP contribution in [0.1, 0.15) is 32.6 Å². The Morgan fingerprint density at radius 2 is 2.20 bits per heavy atom. The minimum atomic E-state index is 0.460. The third-order valence-electron chi connectivity index (χ3n) is 2.25. The molecule has 0 aromatic heterocycles. The van der Waals surface area contributed by atoms with Crippen molar-refractivity contribution in [3.8, 4) is 0 Å². The molecule has 0 spiro atoms. The zero-order valence-corrected chi connectivity index (χ0v) is 6.43. The molecule has 0 atom stereocenters. The van der Waals surface area contributed by atoms with Gasteiger partial charge in [-0.3, -0.25) is 0 Å². The van der Waals surface area contributed by atoms with Crippen molar-refractivity contribution in [2.75, 3.05) is 0 Å². The van der Waals surface area contributed by atoms with Gasteiger partial charge < -0.3 is 5.43 Å². The van der Waals surface area contributed by atoms with Crippen LogP contribution in [0.25, 0.3) is 0 Å². The number of nitrogens with zero attached hydrogens (tertiary/aromatic N) is 1. The largest absolute Gasteiger partial charge is 0.307 e. The van der Waals surface area contributed by atoms with Crippen molar-refractivity contribution in [1.82, 2.24) is 5.43 Å². The molecule has 0 unspecified atom stereocenters. The minimum absolute atomic E-state index is 0.460. The molecule has 0 aliphatic heterocycles. The number of hydrogen-bond donors (Lipinski definition) is 1. The molecule has 2 heteroatoms. The monoisotopic (exact) mass is 138 g/mol. The molecular formula is C8H14N2. The average molecular weight is 138 g/mol. The van der Waals surface area contributed by atoms with Crippen LogP contribution in [0.5, 0.6) is 0 Å². The first kappa shape index (κ1) is 6.20. The van der Waals surface area contributed by atoms with Crippen LogP contribution in [0.3, 0.4) is 0 Å². The van der Waals surface area contributed by atoms with E-state index in [4.69, 9.17) is 0 Å². The van der Waals surface area contributed by atoms with Gasteiger partial charge in [0.15, 0.2) is 0 Å². The summed E-state index contributed by atoms with van der Waals surface area (Å²) in [7, 11) is 0. The zero-order valence-electron chi connectivity index (χ0n) is 6.43. The molecular weight excluding hydrogens is 124 g/mol. The van der Waals surface area contributed by atoms with Gasteiger partial charge in [0.1, 0.15) is 0 Å². The van der Waals surface area contributed by atoms with E-state index in [1.54, 1.807) is 0 Å². The molecule has 1 N–H and O–H groups in total. The number of rotatable bonds is 3. The van der Waals surface area contributed by atoms with Crippen LogP contribution < -0.4 is 5.43 Å². The Morgan fingerprint density at radius 1 is 1.50 bits per heavy atom. The van der Waals surface area contributed by atoms with Crippen LogP contribution in [-0.4, -0.2) is 12.3 Å². The van der Waals surface area contributed by atoms with E-state index in [2.05, 4.69) is 23.7 Å². The fraction of sp³-hybridized carbons (Fsp3) is 0.875. The van der Waals surface area contributed by atoms with E-state index >= 15 is 0 Å². The minimum Gasteiger partial charge on any atom is -0.307 e. The van der Waals surface area contributed by atoms with Gasteiger partial charge in [-0.25, -0.2) is 0 Å². The van der Waals surface area contributed by atoms with Gasteiger partial charge in [0.05, 0.1) is 0 Å². The first-order valence-electron chi connectivity index (χ1n) is 4.08. The van der Waals surface area contributed by atoms with E-state index in [-0.39, 0.29) is 0 Å². The Morgan fingerprint density at radius 3 is 2.70 bits per heavy atom. The predicted molar refractivity (Wildman–Crippen MR) is 42.0 cm³/mol. The van der Waals surface area contributed by atoms with Crippen molar-refractivity contribution in [2.24, 2.45) is 10.5 Å². The lowest BCUT2D eigenvalue weighted by Crippen LogP contribution is -2.09. The highest BCUT2D eigenvalue weighted by atomic mass is 15.3. The molecule has 2 saturated carbocycles. The second kappa shape index (κ2) is 1.97. The quantitative estimate of drug-likeness (QED) is 0.464. The van der Waals surface area contributed by atoms with Crippen LogP contribution in [0.15, 0.2) is 5.10 Å². The summed E-state index contributed by atoms with van der Waals surface area (Å²) in [5, 5.41) is 4.19. The van der Waals surface area contributed by atoms with E-state index < -0.39 is 0 Å². The highest BCUT2D eigenvalue weighted by Gasteiger charge is 2.35. The van der Waals surface area contributed by atoms with Crippen LogP contribution in [0.4, 0.5) is 0 Å². The summed E-state index contributed by atoms with van der Waals surface area (Å²) in [5.74, 6) is 0. The summed E-state index contributed by atoms with van der Waals surface area (Å²) >= 11 is 0. The molecule has 2 nitrogen and oxygen atoms in total. The van der Waals surface area contributed by atoms with E-state index in [1.807, 2.05) is 0 Å². The van der Waals surface area contributed by atoms with Crippen LogP contribution in [0, 0.1) is 5.41 Å².